The first-order valence-corrected chi connectivity index (χ1v) is 9.25. The fourth-order valence-corrected chi connectivity index (χ4v) is 3.68. The number of carbonyl (C=O) groups is 2. The van der Waals surface area contributed by atoms with E-state index in [1.807, 2.05) is 36.4 Å². The van der Waals surface area contributed by atoms with Crippen LogP contribution in [0.15, 0.2) is 65.3 Å². The van der Waals surface area contributed by atoms with Gasteiger partial charge in [-0.1, -0.05) is 18.2 Å². The van der Waals surface area contributed by atoms with Gasteiger partial charge in [-0.05, 0) is 71.0 Å². The molecule has 0 atom stereocenters. The van der Waals surface area contributed by atoms with Gasteiger partial charge in [0.05, 0.1) is 11.8 Å². The molecule has 4 rings (SSSR count). The van der Waals surface area contributed by atoms with Gasteiger partial charge in [-0.2, -0.15) is 0 Å². The third-order valence-corrected chi connectivity index (χ3v) is 5.27. The van der Waals surface area contributed by atoms with E-state index < -0.39 is 0 Å². The van der Waals surface area contributed by atoms with E-state index in [-0.39, 0.29) is 11.8 Å². The molecule has 2 aromatic carbocycles. The Morgan fingerprint density at radius 2 is 1.92 bits per heavy atom. The Balaban J connectivity index is 1.59. The number of anilines is 2. The van der Waals surface area contributed by atoms with Gasteiger partial charge >= 0.3 is 0 Å². The molecule has 2 heterocycles. The Bertz CT molecular complexity index is 982. The van der Waals surface area contributed by atoms with Gasteiger partial charge in [0, 0.05) is 21.5 Å². The highest BCUT2D eigenvalue weighted by atomic mass is 127. The van der Waals surface area contributed by atoms with E-state index in [1.165, 1.54) is 6.26 Å². The van der Waals surface area contributed by atoms with Gasteiger partial charge in [0.2, 0.25) is 0 Å². The smallest absolute Gasteiger partial charge is 0.293 e. The number of hydrogen-bond donors (Lipinski definition) is 1. The number of nitrogens with zero attached hydrogens (tertiary/aromatic N) is 1. The van der Waals surface area contributed by atoms with Crippen molar-refractivity contribution in [3.63, 3.8) is 0 Å². The van der Waals surface area contributed by atoms with E-state index in [0.717, 1.165) is 21.2 Å². The van der Waals surface area contributed by atoms with Gasteiger partial charge in [-0.15, -0.1) is 0 Å². The predicted molar refractivity (Wildman–Crippen MR) is 108 cm³/mol. The first-order valence-electron chi connectivity index (χ1n) is 8.17. The lowest BCUT2D eigenvalue weighted by Gasteiger charge is -2.17. The van der Waals surface area contributed by atoms with Crippen LogP contribution in [0.5, 0.6) is 0 Å². The molecule has 0 fully saturated rings. The van der Waals surface area contributed by atoms with Gasteiger partial charge < -0.3 is 14.6 Å². The summed E-state index contributed by atoms with van der Waals surface area (Å²) in [5.41, 5.74) is 3.17. The second-order valence-corrected chi connectivity index (χ2v) is 7.12. The molecule has 0 bridgehead atoms. The number of benzene rings is 2. The molecular weight excluding hydrogens is 443 g/mol. The summed E-state index contributed by atoms with van der Waals surface area (Å²) >= 11 is 2.14. The molecule has 130 valence electrons. The van der Waals surface area contributed by atoms with Crippen LogP contribution in [0.25, 0.3) is 0 Å². The monoisotopic (exact) mass is 458 g/mol. The van der Waals surface area contributed by atoms with E-state index >= 15 is 0 Å². The molecule has 0 spiro atoms. The van der Waals surface area contributed by atoms with Gasteiger partial charge in [-0.3, -0.25) is 9.59 Å². The maximum atomic E-state index is 12.6. The number of amides is 2. The van der Waals surface area contributed by atoms with Crippen LogP contribution in [0.2, 0.25) is 0 Å². The Hall–Kier alpha value is -2.61. The van der Waals surface area contributed by atoms with Crippen molar-refractivity contribution < 1.29 is 14.0 Å². The number of furan rings is 1. The van der Waals surface area contributed by atoms with Gasteiger partial charge in [0.15, 0.2) is 5.76 Å². The van der Waals surface area contributed by atoms with Gasteiger partial charge in [0.1, 0.15) is 0 Å². The highest BCUT2D eigenvalue weighted by Crippen LogP contribution is 2.32. The van der Waals surface area contributed by atoms with Crippen molar-refractivity contribution in [2.45, 2.75) is 6.42 Å². The Morgan fingerprint density at radius 3 is 2.69 bits per heavy atom. The first-order chi connectivity index (χ1) is 12.6. The molecule has 3 aromatic rings. The summed E-state index contributed by atoms with van der Waals surface area (Å²) in [6, 6.07) is 16.4. The minimum atomic E-state index is -0.171. The second-order valence-electron chi connectivity index (χ2n) is 5.96. The summed E-state index contributed by atoms with van der Waals surface area (Å²) in [7, 11) is 0. The summed E-state index contributed by atoms with van der Waals surface area (Å²) in [5.74, 6) is -0.0298. The molecule has 26 heavy (non-hydrogen) atoms. The van der Waals surface area contributed by atoms with E-state index in [4.69, 9.17) is 4.42 Å². The molecule has 1 N–H and O–H groups in total. The van der Waals surface area contributed by atoms with Crippen molar-refractivity contribution >= 4 is 45.8 Å². The molecule has 0 saturated carbocycles. The highest BCUT2D eigenvalue weighted by molar-refractivity contribution is 14.1. The number of hydrogen-bond acceptors (Lipinski definition) is 3. The molecule has 2 amide bonds. The van der Waals surface area contributed by atoms with E-state index in [2.05, 4.69) is 27.9 Å². The molecule has 0 radical (unpaired) electrons. The minimum absolute atomic E-state index is 0.170. The zero-order valence-electron chi connectivity index (χ0n) is 13.7. The van der Waals surface area contributed by atoms with Crippen LogP contribution >= 0.6 is 22.6 Å². The summed E-state index contributed by atoms with van der Waals surface area (Å²) in [4.78, 5) is 26.8. The first kappa shape index (κ1) is 16.8. The fraction of sp³-hybridized carbons (Fsp3) is 0.100. The van der Waals surface area contributed by atoms with Crippen LogP contribution in [-0.2, 0) is 6.42 Å². The third-order valence-electron chi connectivity index (χ3n) is 4.33. The number of carbonyl (C=O) groups excluding carboxylic acids is 2. The molecule has 6 heteroatoms. The Kier molecular flexibility index (Phi) is 4.50. The quantitative estimate of drug-likeness (QED) is 0.595. The van der Waals surface area contributed by atoms with E-state index in [0.29, 0.717) is 23.6 Å². The molecule has 0 saturated heterocycles. The predicted octanol–water partition coefficient (Wildman–Crippen LogP) is 4.34. The SMILES string of the molecule is O=C(Nc1ccc2c(c1)N(C(=O)c1ccco1)CC2)c1ccccc1I. The topological polar surface area (TPSA) is 62.6 Å². The average molecular weight is 458 g/mol. The second kappa shape index (κ2) is 6.95. The molecule has 5 nitrogen and oxygen atoms in total. The molecule has 1 aromatic heterocycles. The van der Waals surface area contributed by atoms with Crippen LogP contribution in [0.1, 0.15) is 26.5 Å². The molecular formula is C20H15IN2O3. The highest BCUT2D eigenvalue weighted by Gasteiger charge is 2.27. The zero-order valence-corrected chi connectivity index (χ0v) is 15.9. The van der Waals surface area contributed by atoms with Gasteiger partial charge in [0.25, 0.3) is 11.8 Å². The zero-order chi connectivity index (χ0) is 18.1. The lowest BCUT2D eigenvalue weighted by Crippen LogP contribution is -2.28. The maximum absolute atomic E-state index is 12.6. The number of nitrogens with one attached hydrogen (secondary N) is 1. The summed E-state index contributed by atoms with van der Waals surface area (Å²) < 4.78 is 6.11. The standard InChI is InChI=1S/C20H15IN2O3/c21-16-5-2-1-4-15(16)19(24)22-14-8-7-13-9-10-23(17(13)12-14)20(25)18-6-3-11-26-18/h1-8,11-12H,9-10H2,(H,22,24). The molecule has 1 aliphatic heterocycles. The van der Waals surface area contributed by atoms with Crippen molar-refractivity contribution in [1.29, 1.82) is 0 Å². The van der Waals surface area contributed by atoms with Gasteiger partial charge in [-0.25, -0.2) is 0 Å². The van der Waals surface area contributed by atoms with Crippen molar-refractivity contribution in [2.75, 3.05) is 16.8 Å². The maximum Gasteiger partial charge on any atom is 0.293 e. The lowest BCUT2D eigenvalue weighted by molar-refractivity contribution is 0.0962. The minimum Gasteiger partial charge on any atom is -0.459 e. The Morgan fingerprint density at radius 1 is 1.08 bits per heavy atom. The summed E-state index contributed by atoms with van der Waals surface area (Å²) in [6.45, 7) is 0.600. The largest absolute Gasteiger partial charge is 0.459 e. The normalized spacial score (nSPS) is 12.7. The Labute approximate surface area is 164 Å². The lowest BCUT2D eigenvalue weighted by atomic mass is 10.1. The molecule has 0 aliphatic carbocycles. The average Bonchev–Trinajstić information content (AvgIpc) is 3.31. The molecule has 1 aliphatic rings. The number of halogens is 1. The molecule has 0 unspecified atom stereocenters. The van der Waals surface area contributed by atoms with Crippen LogP contribution in [0.4, 0.5) is 11.4 Å². The fourth-order valence-electron chi connectivity index (χ4n) is 3.04. The van der Waals surface area contributed by atoms with Crippen LogP contribution in [0.3, 0.4) is 0 Å². The number of fused-ring (bicyclic) bond motifs is 1. The van der Waals surface area contributed by atoms with Crippen LogP contribution < -0.4 is 10.2 Å². The van der Waals surface area contributed by atoms with E-state index in [1.54, 1.807) is 23.1 Å². The van der Waals surface area contributed by atoms with Crippen LogP contribution in [0, 0.1) is 3.57 Å². The summed E-state index contributed by atoms with van der Waals surface area (Å²) in [5, 5.41) is 2.92. The van der Waals surface area contributed by atoms with Crippen molar-refractivity contribution in [1.82, 2.24) is 0 Å². The van der Waals surface area contributed by atoms with Crippen molar-refractivity contribution in [3.8, 4) is 0 Å². The summed E-state index contributed by atoms with van der Waals surface area (Å²) in [6.07, 6.45) is 2.27. The van der Waals surface area contributed by atoms with Crippen LogP contribution in [-0.4, -0.2) is 18.4 Å². The third kappa shape index (κ3) is 3.12. The van der Waals surface area contributed by atoms with Crippen molar-refractivity contribution in [3.05, 3.63) is 81.3 Å². The van der Waals surface area contributed by atoms with Crippen molar-refractivity contribution in [2.24, 2.45) is 0 Å². The van der Waals surface area contributed by atoms with E-state index in [9.17, 15) is 9.59 Å². The number of rotatable bonds is 3.